The van der Waals surface area contributed by atoms with E-state index in [1.165, 1.54) is 11.2 Å². The van der Waals surface area contributed by atoms with E-state index in [1.807, 2.05) is 6.07 Å². The molecule has 1 aromatic carbocycles. The zero-order valence-corrected chi connectivity index (χ0v) is 10.6. The van der Waals surface area contributed by atoms with Crippen molar-refractivity contribution in [3.63, 3.8) is 0 Å². The molecule has 0 radical (unpaired) electrons. The molecule has 0 atom stereocenters. The van der Waals surface area contributed by atoms with Gasteiger partial charge in [-0.25, -0.2) is 4.90 Å². The van der Waals surface area contributed by atoms with Gasteiger partial charge >= 0.3 is 0 Å². The molecule has 1 aliphatic heterocycles. The molecule has 3 rings (SSSR count). The van der Waals surface area contributed by atoms with Crippen molar-refractivity contribution >= 4 is 34.7 Å². The van der Waals surface area contributed by atoms with Crippen LogP contribution in [0.5, 0.6) is 0 Å². The van der Waals surface area contributed by atoms with Gasteiger partial charge in [0.1, 0.15) is 5.76 Å². The van der Waals surface area contributed by atoms with Crippen molar-refractivity contribution in [1.29, 1.82) is 0 Å². The van der Waals surface area contributed by atoms with Gasteiger partial charge in [0.2, 0.25) is 0 Å². The maximum atomic E-state index is 12.2. The summed E-state index contributed by atoms with van der Waals surface area (Å²) in [4.78, 5) is 25.7. The number of carbonyl (C=O) groups is 2. The summed E-state index contributed by atoms with van der Waals surface area (Å²) < 4.78 is 5.15. The van der Waals surface area contributed by atoms with Gasteiger partial charge < -0.3 is 4.42 Å². The summed E-state index contributed by atoms with van der Waals surface area (Å²) in [6.07, 6.45) is 3.10. The molecule has 5 heteroatoms. The van der Waals surface area contributed by atoms with Gasteiger partial charge in [0.05, 0.1) is 16.9 Å². The van der Waals surface area contributed by atoms with Gasteiger partial charge in [-0.3, -0.25) is 9.59 Å². The maximum Gasteiger partial charge on any atom is 0.298 e. The first-order valence-corrected chi connectivity index (χ1v) is 6.44. The van der Waals surface area contributed by atoms with Crippen LogP contribution in [0.15, 0.2) is 58.1 Å². The van der Waals surface area contributed by atoms with Crippen LogP contribution in [0.2, 0.25) is 0 Å². The first-order valence-electron chi connectivity index (χ1n) is 5.62. The summed E-state index contributed by atoms with van der Waals surface area (Å²) in [5, 5.41) is -0.297. The van der Waals surface area contributed by atoms with Crippen LogP contribution in [0.1, 0.15) is 5.76 Å². The Hall–Kier alpha value is -2.27. The molecule has 1 saturated heterocycles. The number of carbonyl (C=O) groups excluding carboxylic acids is 2. The molecule has 2 heterocycles. The summed E-state index contributed by atoms with van der Waals surface area (Å²) in [5.41, 5.74) is 0.577. The Labute approximate surface area is 113 Å². The van der Waals surface area contributed by atoms with Crippen molar-refractivity contribution < 1.29 is 14.0 Å². The summed E-state index contributed by atoms with van der Waals surface area (Å²) in [6.45, 7) is 0. The lowest BCUT2D eigenvalue weighted by atomic mass is 10.3. The Kier molecular flexibility index (Phi) is 2.97. The standard InChI is InChI=1S/C14H9NO3S/c16-13-12(9-11-7-4-8-18-11)19-14(17)15(13)10-5-2-1-3-6-10/h1-9H. The summed E-state index contributed by atoms with van der Waals surface area (Å²) in [6, 6.07) is 12.3. The van der Waals surface area contributed by atoms with Gasteiger partial charge in [-0.15, -0.1) is 0 Å². The van der Waals surface area contributed by atoms with E-state index < -0.39 is 0 Å². The number of furan rings is 1. The minimum absolute atomic E-state index is 0.297. The number of benzene rings is 1. The zero-order chi connectivity index (χ0) is 13.2. The second-order valence-electron chi connectivity index (χ2n) is 3.87. The molecule has 1 aliphatic rings. The van der Waals surface area contributed by atoms with Crippen LogP contribution >= 0.6 is 11.8 Å². The Morgan fingerprint density at radius 2 is 1.84 bits per heavy atom. The van der Waals surface area contributed by atoms with E-state index in [0.717, 1.165) is 11.8 Å². The predicted octanol–water partition coefficient (Wildman–Crippen LogP) is 3.52. The number of rotatable bonds is 2. The number of nitrogens with zero attached hydrogens (tertiary/aromatic N) is 1. The van der Waals surface area contributed by atoms with Crippen molar-refractivity contribution in [1.82, 2.24) is 0 Å². The molecule has 2 amide bonds. The molecule has 1 fully saturated rings. The average molecular weight is 271 g/mol. The second kappa shape index (κ2) is 4.78. The van der Waals surface area contributed by atoms with Crippen molar-refractivity contribution in [2.45, 2.75) is 0 Å². The third kappa shape index (κ3) is 2.20. The molecule has 0 saturated carbocycles. The fourth-order valence-electron chi connectivity index (χ4n) is 1.77. The highest BCUT2D eigenvalue weighted by atomic mass is 32.2. The Morgan fingerprint density at radius 1 is 1.05 bits per heavy atom. The maximum absolute atomic E-state index is 12.2. The SMILES string of the molecule is O=C1SC(=Cc2ccco2)C(=O)N1c1ccccc1. The molecule has 0 spiro atoms. The lowest BCUT2D eigenvalue weighted by Crippen LogP contribution is -2.27. The normalized spacial score (nSPS) is 17.5. The van der Waals surface area contributed by atoms with Crippen LogP contribution < -0.4 is 4.90 Å². The molecule has 0 bridgehead atoms. The predicted molar refractivity (Wildman–Crippen MR) is 73.6 cm³/mol. The number of hydrogen-bond acceptors (Lipinski definition) is 4. The van der Waals surface area contributed by atoms with Crippen molar-refractivity contribution in [2.24, 2.45) is 0 Å². The van der Waals surface area contributed by atoms with E-state index >= 15 is 0 Å². The van der Waals surface area contributed by atoms with E-state index in [9.17, 15) is 9.59 Å². The lowest BCUT2D eigenvalue weighted by molar-refractivity contribution is -0.113. The number of anilines is 1. The third-order valence-electron chi connectivity index (χ3n) is 2.62. The minimum atomic E-state index is -0.322. The van der Waals surface area contributed by atoms with Crippen molar-refractivity contribution in [2.75, 3.05) is 4.90 Å². The van der Waals surface area contributed by atoms with E-state index in [1.54, 1.807) is 42.5 Å². The third-order valence-corrected chi connectivity index (χ3v) is 3.49. The van der Waals surface area contributed by atoms with Crippen molar-refractivity contribution in [3.8, 4) is 0 Å². The van der Waals surface area contributed by atoms with Gasteiger partial charge in [-0.1, -0.05) is 18.2 Å². The van der Waals surface area contributed by atoms with Crippen LogP contribution in [0.4, 0.5) is 10.5 Å². The highest BCUT2D eigenvalue weighted by Crippen LogP contribution is 2.35. The number of imide groups is 1. The number of amides is 2. The summed E-state index contributed by atoms with van der Waals surface area (Å²) >= 11 is 0.913. The van der Waals surface area contributed by atoms with Gasteiger partial charge in [-0.2, -0.15) is 0 Å². The van der Waals surface area contributed by atoms with Crippen LogP contribution in [-0.2, 0) is 4.79 Å². The molecule has 4 nitrogen and oxygen atoms in total. The van der Waals surface area contributed by atoms with Crippen molar-refractivity contribution in [3.05, 3.63) is 59.4 Å². The Bertz CT molecular complexity index is 647. The highest BCUT2D eigenvalue weighted by molar-refractivity contribution is 8.19. The van der Waals surface area contributed by atoms with Gasteiger partial charge in [0.25, 0.3) is 11.1 Å². The molecular formula is C14H9NO3S. The minimum Gasteiger partial charge on any atom is -0.465 e. The fraction of sp³-hybridized carbons (Fsp3) is 0. The first kappa shape index (κ1) is 11.8. The monoisotopic (exact) mass is 271 g/mol. The van der Waals surface area contributed by atoms with Gasteiger partial charge in [0, 0.05) is 6.08 Å². The molecule has 2 aromatic rings. The molecule has 0 unspecified atom stereocenters. The highest BCUT2D eigenvalue weighted by Gasteiger charge is 2.36. The fourth-order valence-corrected chi connectivity index (χ4v) is 2.59. The number of thioether (sulfide) groups is 1. The first-order chi connectivity index (χ1) is 9.25. The number of hydrogen-bond donors (Lipinski definition) is 0. The molecule has 94 valence electrons. The van der Waals surface area contributed by atoms with Crippen LogP contribution in [-0.4, -0.2) is 11.1 Å². The average Bonchev–Trinajstić information content (AvgIpc) is 3.01. The lowest BCUT2D eigenvalue weighted by Gasteiger charge is -2.11. The second-order valence-corrected chi connectivity index (χ2v) is 4.86. The van der Waals surface area contributed by atoms with Gasteiger partial charge in [0.15, 0.2) is 0 Å². The van der Waals surface area contributed by atoms with Gasteiger partial charge in [-0.05, 0) is 36.0 Å². The molecule has 0 N–H and O–H groups in total. The summed E-state index contributed by atoms with van der Waals surface area (Å²) in [7, 11) is 0. The number of para-hydroxylation sites is 1. The zero-order valence-electron chi connectivity index (χ0n) is 9.78. The largest absolute Gasteiger partial charge is 0.465 e. The van der Waals surface area contributed by atoms with Crippen LogP contribution in [0.25, 0.3) is 6.08 Å². The molecule has 0 aliphatic carbocycles. The molecule has 1 aromatic heterocycles. The molecule has 19 heavy (non-hydrogen) atoms. The van der Waals surface area contributed by atoms with E-state index in [-0.39, 0.29) is 11.1 Å². The van der Waals surface area contributed by atoms with E-state index in [2.05, 4.69) is 0 Å². The van der Waals surface area contributed by atoms with Crippen LogP contribution in [0, 0.1) is 0 Å². The topological polar surface area (TPSA) is 50.5 Å². The molecular weight excluding hydrogens is 262 g/mol. The van der Waals surface area contributed by atoms with Crippen LogP contribution in [0.3, 0.4) is 0 Å². The quantitative estimate of drug-likeness (QED) is 0.784. The van der Waals surface area contributed by atoms with E-state index in [4.69, 9.17) is 4.42 Å². The van der Waals surface area contributed by atoms with E-state index in [0.29, 0.717) is 16.4 Å². The summed E-state index contributed by atoms with van der Waals surface area (Å²) in [5.74, 6) is 0.233. The Morgan fingerprint density at radius 3 is 2.53 bits per heavy atom. The Balaban J connectivity index is 1.94. The smallest absolute Gasteiger partial charge is 0.298 e.